The molecule has 0 saturated heterocycles. The fourth-order valence-corrected chi connectivity index (χ4v) is 2.13. The summed E-state index contributed by atoms with van der Waals surface area (Å²) in [6, 6.07) is 6.10. The quantitative estimate of drug-likeness (QED) is 0.720. The molecule has 1 heterocycles. The summed E-state index contributed by atoms with van der Waals surface area (Å²) in [5.74, 6) is -1.15. The van der Waals surface area contributed by atoms with E-state index in [0.717, 1.165) is 4.80 Å². The van der Waals surface area contributed by atoms with Gasteiger partial charge in [-0.15, -0.1) is 5.10 Å². The Morgan fingerprint density at radius 1 is 1.33 bits per heavy atom. The minimum absolute atomic E-state index is 0.0535. The van der Waals surface area contributed by atoms with Gasteiger partial charge in [0, 0.05) is 13.1 Å². The number of aromatic nitrogens is 3. The smallest absolute Gasteiger partial charge is 0.360 e. The largest absolute Gasteiger partial charge is 0.461 e. The molecular formula is C16H19FN4O3. The number of rotatable bonds is 7. The number of likely N-dealkylation sites (N-methyl/N-ethyl adjacent to an activating group) is 1. The molecule has 0 radical (unpaired) electrons. The van der Waals surface area contributed by atoms with Gasteiger partial charge in [0.25, 0.3) is 0 Å². The molecule has 0 atom stereocenters. The van der Waals surface area contributed by atoms with Gasteiger partial charge in [0.05, 0.1) is 12.8 Å². The first-order chi connectivity index (χ1) is 11.5. The van der Waals surface area contributed by atoms with Gasteiger partial charge in [0.15, 0.2) is 5.69 Å². The zero-order valence-corrected chi connectivity index (χ0v) is 13.6. The number of nitrogens with zero attached hydrogens (tertiary/aromatic N) is 4. The molecular weight excluding hydrogens is 315 g/mol. The van der Waals surface area contributed by atoms with E-state index in [-0.39, 0.29) is 30.6 Å². The maximum absolute atomic E-state index is 13.2. The van der Waals surface area contributed by atoms with Crippen molar-refractivity contribution in [2.45, 2.75) is 26.9 Å². The second-order valence-electron chi connectivity index (χ2n) is 5.02. The van der Waals surface area contributed by atoms with Crippen LogP contribution in [0, 0.1) is 5.82 Å². The molecule has 1 aromatic carbocycles. The third-order valence-corrected chi connectivity index (χ3v) is 3.29. The van der Waals surface area contributed by atoms with Crippen LogP contribution in [-0.4, -0.2) is 44.9 Å². The Kier molecular flexibility index (Phi) is 6.00. The van der Waals surface area contributed by atoms with Crippen molar-refractivity contribution in [1.29, 1.82) is 0 Å². The monoisotopic (exact) mass is 334 g/mol. The number of hydrogen-bond acceptors (Lipinski definition) is 5. The van der Waals surface area contributed by atoms with Crippen molar-refractivity contribution in [1.82, 2.24) is 19.9 Å². The van der Waals surface area contributed by atoms with Crippen LogP contribution in [0.3, 0.4) is 0 Å². The van der Waals surface area contributed by atoms with Crippen LogP contribution < -0.4 is 0 Å². The molecule has 0 fully saturated rings. The number of benzene rings is 1. The number of halogens is 1. The lowest BCUT2D eigenvalue weighted by Crippen LogP contribution is -2.33. The molecule has 24 heavy (non-hydrogen) atoms. The van der Waals surface area contributed by atoms with E-state index in [9.17, 15) is 14.0 Å². The normalized spacial score (nSPS) is 10.5. The van der Waals surface area contributed by atoms with Gasteiger partial charge in [0.1, 0.15) is 12.4 Å². The standard InChI is InChI=1S/C16H19FN4O3/c1-3-20(10-12-6-5-7-13(17)8-12)15(22)11-21-18-9-14(19-21)16(23)24-4-2/h5-9H,3-4,10-11H2,1-2H3. The first-order valence-electron chi connectivity index (χ1n) is 7.63. The number of esters is 1. The molecule has 0 bridgehead atoms. The maximum atomic E-state index is 13.2. The van der Waals surface area contributed by atoms with E-state index < -0.39 is 5.97 Å². The van der Waals surface area contributed by atoms with Crippen LogP contribution in [0.15, 0.2) is 30.5 Å². The van der Waals surface area contributed by atoms with Crippen molar-refractivity contribution in [3.05, 3.63) is 47.5 Å². The van der Waals surface area contributed by atoms with Gasteiger partial charge in [-0.05, 0) is 31.5 Å². The molecule has 8 heteroatoms. The Bertz CT molecular complexity index is 717. The minimum Gasteiger partial charge on any atom is -0.461 e. The van der Waals surface area contributed by atoms with Gasteiger partial charge in [-0.3, -0.25) is 4.79 Å². The van der Waals surface area contributed by atoms with E-state index in [1.807, 2.05) is 6.92 Å². The lowest BCUT2D eigenvalue weighted by Gasteiger charge is -2.20. The van der Waals surface area contributed by atoms with Crippen molar-refractivity contribution in [2.75, 3.05) is 13.2 Å². The molecule has 0 aliphatic carbocycles. The predicted molar refractivity (Wildman–Crippen MR) is 83.5 cm³/mol. The third kappa shape index (κ3) is 4.61. The van der Waals surface area contributed by atoms with Gasteiger partial charge in [-0.1, -0.05) is 12.1 Å². The number of hydrogen-bond donors (Lipinski definition) is 0. The summed E-state index contributed by atoms with van der Waals surface area (Å²) < 4.78 is 18.1. The molecule has 128 valence electrons. The Morgan fingerprint density at radius 3 is 2.79 bits per heavy atom. The van der Waals surface area contributed by atoms with Crippen LogP contribution in [-0.2, 0) is 22.6 Å². The van der Waals surface area contributed by atoms with Crippen LogP contribution in [0.4, 0.5) is 4.39 Å². The van der Waals surface area contributed by atoms with Crippen LogP contribution in [0.2, 0.25) is 0 Å². The van der Waals surface area contributed by atoms with Gasteiger partial charge in [0.2, 0.25) is 5.91 Å². The van der Waals surface area contributed by atoms with Crippen LogP contribution in [0.1, 0.15) is 29.9 Å². The van der Waals surface area contributed by atoms with Crippen molar-refractivity contribution in [3.8, 4) is 0 Å². The third-order valence-electron chi connectivity index (χ3n) is 3.29. The molecule has 2 aromatic rings. The zero-order chi connectivity index (χ0) is 17.5. The Morgan fingerprint density at radius 2 is 2.12 bits per heavy atom. The van der Waals surface area contributed by atoms with Crippen LogP contribution in [0.25, 0.3) is 0 Å². The average Bonchev–Trinajstić information content (AvgIpc) is 3.01. The molecule has 0 spiro atoms. The molecule has 0 aliphatic heterocycles. The molecule has 2 rings (SSSR count). The molecule has 0 N–H and O–H groups in total. The second kappa shape index (κ2) is 8.19. The summed E-state index contributed by atoms with van der Waals surface area (Å²) in [5.41, 5.74) is 0.753. The molecule has 1 aromatic heterocycles. The highest BCUT2D eigenvalue weighted by Crippen LogP contribution is 2.08. The van der Waals surface area contributed by atoms with Crippen LogP contribution in [0.5, 0.6) is 0 Å². The minimum atomic E-state index is -0.580. The van der Waals surface area contributed by atoms with Crippen molar-refractivity contribution < 1.29 is 18.7 Å². The average molecular weight is 334 g/mol. The van der Waals surface area contributed by atoms with Gasteiger partial charge >= 0.3 is 5.97 Å². The van der Waals surface area contributed by atoms with Gasteiger partial charge in [-0.2, -0.15) is 9.90 Å². The molecule has 7 nitrogen and oxygen atoms in total. The van der Waals surface area contributed by atoms with E-state index in [0.29, 0.717) is 18.7 Å². The SMILES string of the molecule is CCOC(=O)c1cnn(CC(=O)N(CC)Cc2cccc(F)c2)n1. The summed E-state index contributed by atoms with van der Waals surface area (Å²) >= 11 is 0. The second-order valence-corrected chi connectivity index (χ2v) is 5.02. The summed E-state index contributed by atoms with van der Waals surface area (Å²) in [7, 11) is 0. The summed E-state index contributed by atoms with van der Waals surface area (Å²) in [6.45, 7) is 4.40. The number of carbonyl (C=O) groups is 2. The summed E-state index contributed by atoms with van der Waals surface area (Å²) in [4.78, 5) is 26.6. The topological polar surface area (TPSA) is 77.3 Å². The lowest BCUT2D eigenvalue weighted by molar-refractivity contribution is -0.132. The van der Waals surface area contributed by atoms with E-state index in [1.165, 1.54) is 18.3 Å². The van der Waals surface area contributed by atoms with E-state index in [2.05, 4.69) is 10.2 Å². The number of ether oxygens (including phenoxy) is 1. The molecule has 0 saturated carbocycles. The zero-order valence-electron chi connectivity index (χ0n) is 13.6. The first-order valence-corrected chi connectivity index (χ1v) is 7.63. The molecule has 0 unspecified atom stereocenters. The summed E-state index contributed by atoms with van der Waals surface area (Å²) in [6.07, 6.45) is 1.26. The van der Waals surface area contributed by atoms with Gasteiger partial charge < -0.3 is 9.64 Å². The Hall–Kier alpha value is -2.77. The molecule has 1 amide bonds. The van der Waals surface area contributed by atoms with Gasteiger partial charge in [-0.25, -0.2) is 9.18 Å². The number of amides is 1. The van der Waals surface area contributed by atoms with E-state index in [4.69, 9.17) is 4.74 Å². The van der Waals surface area contributed by atoms with Crippen molar-refractivity contribution in [2.24, 2.45) is 0 Å². The Labute approximate surface area is 139 Å². The van der Waals surface area contributed by atoms with Crippen LogP contribution >= 0.6 is 0 Å². The highest BCUT2D eigenvalue weighted by atomic mass is 19.1. The fraction of sp³-hybridized carbons (Fsp3) is 0.375. The summed E-state index contributed by atoms with van der Waals surface area (Å²) in [5, 5.41) is 7.82. The number of carbonyl (C=O) groups excluding carboxylic acids is 2. The van der Waals surface area contributed by atoms with E-state index >= 15 is 0 Å². The molecule has 0 aliphatic rings. The van der Waals surface area contributed by atoms with Crippen molar-refractivity contribution >= 4 is 11.9 Å². The lowest BCUT2D eigenvalue weighted by atomic mass is 10.2. The first kappa shape index (κ1) is 17.6. The highest BCUT2D eigenvalue weighted by Gasteiger charge is 2.17. The highest BCUT2D eigenvalue weighted by molar-refractivity contribution is 5.86. The van der Waals surface area contributed by atoms with E-state index in [1.54, 1.807) is 24.0 Å². The fourth-order valence-electron chi connectivity index (χ4n) is 2.13. The predicted octanol–water partition coefficient (Wildman–Crippen LogP) is 1.64. The maximum Gasteiger partial charge on any atom is 0.360 e. The Balaban J connectivity index is 2.00. The van der Waals surface area contributed by atoms with Crippen molar-refractivity contribution in [3.63, 3.8) is 0 Å².